The molecule has 0 radical (unpaired) electrons. The van der Waals surface area contributed by atoms with Gasteiger partial charge < -0.3 is 16.2 Å². The Hall–Kier alpha value is -1.07. The molecule has 2 atom stereocenters. The molecule has 0 unspecified atom stereocenters. The van der Waals surface area contributed by atoms with E-state index in [9.17, 15) is 5.11 Å². The van der Waals surface area contributed by atoms with Gasteiger partial charge >= 0.3 is 0 Å². The molecule has 1 saturated carbocycles. The van der Waals surface area contributed by atoms with Crippen molar-refractivity contribution >= 4 is 23.1 Å². The third-order valence-electron chi connectivity index (χ3n) is 3.05. The van der Waals surface area contributed by atoms with Crippen LogP contribution in [-0.4, -0.2) is 27.7 Å². The van der Waals surface area contributed by atoms with Gasteiger partial charge in [0.25, 0.3) is 0 Å². The van der Waals surface area contributed by atoms with Crippen LogP contribution >= 0.6 is 11.6 Å². The lowest BCUT2D eigenvalue weighted by Gasteiger charge is -2.20. The third kappa shape index (κ3) is 2.20. The van der Waals surface area contributed by atoms with Gasteiger partial charge in [-0.05, 0) is 12.8 Å². The van der Waals surface area contributed by atoms with Crippen molar-refractivity contribution in [2.24, 2.45) is 5.92 Å². The van der Waals surface area contributed by atoms with Crippen LogP contribution in [0.1, 0.15) is 19.3 Å². The maximum Gasteiger partial charge on any atom is 0.157 e. The van der Waals surface area contributed by atoms with Crippen LogP contribution in [0.25, 0.3) is 0 Å². The monoisotopic (exact) mass is 242 g/mol. The molecule has 0 bridgehead atoms. The number of aliphatic hydroxyl groups is 1. The van der Waals surface area contributed by atoms with Crippen LogP contribution in [0, 0.1) is 5.92 Å². The molecule has 1 aliphatic carbocycles. The largest absolute Gasteiger partial charge is 0.396 e. The number of nitrogens with two attached hydrogens (primary N) is 1. The lowest BCUT2D eigenvalue weighted by atomic mass is 10.1. The van der Waals surface area contributed by atoms with Gasteiger partial charge in [0.1, 0.15) is 12.0 Å². The molecule has 0 aliphatic heterocycles. The van der Waals surface area contributed by atoms with Gasteiger partial charge in [-0.25, -0.2) is 9.97 Å². The normalized spacial score (nSPS) is 24.6. The van der Waals surface area contributed by atoms with E-state index in [1.165, 1.54) is 6.33 Å². The number of hydrogen-bond acceptors (Lipinski definition) is 5. The van der Waals surface area contributed by atoms with Gasteiger partial charge in [0.15, 0.2) is 11.0 Å². The summed E-state index contributed by atoms with van der Waals surface area (Å²) >= 11 is 5.80. The molecule has 16 heavy (non-hydrogen) atoms. The Kier molecular flexibility index (Phi) is 3.46. The van der Waals surface area contributed by atoms with Crippen LogP contribution in [0.15, 0.2) is 6.33 Å². The first kappa shape index (κ1) is 11.4. The van der Waals surface area contributed by atoms with Gasteiger partial charge in [-0.3, -0.25) is 0 Å². The molecular weight excluding hydrogens is 228 g/mol. The number of nitrogens with zero attached hydrogens (tertiary/aromatic N) is 2. The first-order valence-corrected chi connectivity index (χ1v) is 5.73. The number of aliphatic hydroxyl groups excluding tert-OH is 1. The highest BCUT2D eigenvalue weighted by Crippen LogP contribution is 2.30. The van der Waals surface area contributed by atoms with Crippen molar-refractivity contribution in [3.63, 3.8) is 0 Å². The van der Waals surface area contributed by atoms with Crippen molar-refractivity contribution in [3.05, 3.63) is 11.5 Å². The molecule has 1 aromatic rings. The Labute approximate surface area is 99.0 Å². The van der Waals surface area contributed by atoms with Crippen molar-refractivity contribution in [2.75, 3.05) is 17.7 Å². The summed E-state index contributed by atoms with van der Waals surface area (Å²) < 4.78 is 0. The fraction of sp³-hybridized carbons (Fsp3) is 0.600. The van der Waals surface area contributed by atoms with E-state index in [0.717, 1.165) is 19.3 Å². The van der Waals surface area contributed by atoms with Crippen LogP contribution in [0.5, 0.6) is 0 Å². The Balaban J connectivity index is 2.11. The molecule has 1 fully saturated rings. The first-order chi connectivity index (χ1) is 7.72. The predicted octanol–water partition coefficient (Wildman–Crippen LogP) is 1.29. The number of nitrogens with one attached hydrogen (secondary N) is 1. The van der Waals surface area contributed by atoms with Crippen LogP contribution in [0.2, 0.25) is 5.15 Å². The predicted molar refractivity (Wildman–Crippen MR) is 63.3 cm³/mol. The van der Waals surface area contributed by atoms with E-state index in [0.29, 0.717) is 11.5 Å². The Morgan fingerprint density at radius 3 is 3.06 bits per heavy atom. The summed E-state index contributed by atoms with van der Waals surface area (Å²) in [6.45, 7) is 0.191. The highest BCUT2D eigenvalue weighted by atomic mass is 35.5. The SMILES string of the molecule is Nc1c(Cl)ncnc1N[C@H]1CCC[C@H]1CO. The fourth-order valence-corrected chi connectivity index (χ4v) is 2.24. The molecule has 1 aromatic heterocycles. The van der Waals surface area contributed by atoms with E-state index < -0.39 is 0 Å². The zero-order valence-electron chi connectivity index (χ0n) is 8.86. The summed E-state index contributed by atoms with van der Waals surface area (Å²) in [4.78, 5) is 7.85. The van der Waals surface area contributed by atoms with Gasteiger partial charge in [0.05, 0.1) is 0 Å². The summed E-state index contributed by atoms with van der Waals surface area (Å²) in [7, 11) is 0. The molecule has 0 spiro atoms. The van der Waals surface area contributed by atoms with Crippen LogP contribution in [0.4, 0.5) is 11.5 Å². The number of anilines is 2. The van der Waals surface area contributed by atoms with Gasteiger partial charge in [-0.15, -0.1) is 0 Å². The van der Waals surface area contributed by atoms with Crippen molar-refractivity contribution in [1.82, 2.24) is 9.97 Å². The molecule has 0 aromatic carbocycles. The average Bonchev–Trinajstić information content (AvgIpc) is 2.72. The maximum absolute atomic E-state index is 9.21. The highest BCUT2D eigenvalue weighted by molar-refractivity contribution is 6.32. The molecule has 5 nitrogen and oxygen atoms in total. The van der Waals surface area contributed by atoms with Gasteiger partial charge in [-0.2, -0.15) is 0 Å². The molecule has 1 heterocycles. The lowest BCUT2D eigenvalue weighted by molar-refractivity contribution is 0.222. The molecule has 2 rings (SSSR count). The Bertz CT molecular complexity index is 374. The number of hydrogen-bond donors (Lipinski definition) is 3. The minimum Gasteiger partial charge on any atom is -0.396 e. The van der Waals surface area contributed by atoms with Crippen molar-refractivity contribution in [3.8, 4) is 0 Å². The molecule has 0 amide bonds. The minimum atomic E-state index is 0.191. The highest BCUT2D eigenvalue weighted by Gasteiger charge is 2.27. The second kappa shape index (κ2) is 4.84. The summed E-state index contributed by atoms with van der Waals surface area (Å²) in [6.07, 6.45) is 4.55. The van der Waals surface area contributed by atoms with E-state index in [-0.39, 0.29) is 23.7 Å². The Morgan fingerprint density at radius 1 is 1.50 bits per heavy atom. The summed E-state index contributed by atoms with van der Waals surface area (Å²) in [5.74, 6) is 0.832. The van der Waals surface area contributed by atoms with E-state index in [4.69, 9.17) is 17.3 Å². The zero-order chi connectivity index (χ0) is 11.5. The molecule has 4 N–H and O–H groups in total. The van der Waals surface area contributed by atoms with Crippen molar-refractivity contribution in [2.45, 2.75) is 25.3 Å². The minimum absolute atomic E-state index is 0.191. The van der Waals surface area contributed by atoms with Gasteiger partial charge in [0, 0.05) is 18.6 Å². The number of halogens is 1. The van der Waals surface area contributed by atoms with E-state index >= 15 is 0 Å². The third-order valence-corrected chi connectivity index (χ3v) is 3.35. The molecule has 0 saturated heterocycles. The molecule has 1 aliphatic rings. The molecule has 6 heteroatoms. The van der Waals surface area contributed by atoms with Gasteiger partial charge in [-0.1, -0.05) is 18.0 Å². The van der Waals surface area contributed by atoms with Crippen molar-refractivity contribution in [1.29, 1.82) is 0 Å². The number of aromatic nitrogens is 2. The zero-order valence-corrected chi connectivity index (χ0v) is 9.61. The summed E-state index contributed by atoms with van der Waals surface area (Å²) in [5, 5.41) is 12.7. The summed E-state index contributed by atoms with van der Waals surface area (Å²) in [6, 6.07) is 0.221. The summed E-state index contributed by atoms with van der Waals surface area (Å²) in [5.41, 5.74) is 6.13. The fourth-order valence-electron chi connectivity index (χ4n) is 2.11. The standard InChI is InChI=1S/C10H15ClN4O/c11-9-8(12)10(14-5-13-9)15-7-3-1-2-6(7)4-16/h5-7,16H,1-4,12H2,(H,13,14,15)/t6-,7-/m0/s1. The topological polar surface area (TPSA) is 84.1 Å². The van der Waals surface area contributed by atoms with Gasteiger partial charge in [0.2, 0.25) is 0 Å². The molecular formula is C10H15ClN4O. The van der Waals surface area contributed by atoms with E-state index in [2.05, 4.69) is 15.3 Å². The number of nitrogen functional groups attached to an aromatic ring is 1. The Morgan fingerprint density at radius 2 is 2.31 bits per heavy atom. The smallest absolute Gasteiger partial charge is 0.157 e. The van der Waals surface area contributed by atoms with Crippen LogP contribution in [-0.2, 0) is 0 Å². The lowest BCUT2D eigenvalue weighted by Crippen LogP contribution is -2.27. The average molecular weight is 243 g/mol. The second-order valence-electron chi connectivity index (χ2n) is 4.05. The van der Waals surface area contributed by atoms with Crippen LogP contribution < -0.4 is 11.1 Å². The first-order valence-electron chi connectivity index (χ1n) is 5.35. The number of rotatable bonds is 3. The molecule has 88 valence electrons. The second-order valence-corrected chi connectivity index (χ2v) is 4.41. The van der Waals surface area contributed by atoms with E-state index in [1.807, 2.05) is 0 Å². The quantitative estimate of drug-likeness (QED) is 0.696. The maximum atomic E-state index is 9.21. The van der Waals surface area contributed by atoms with Crippen LogP contribution in [0.3, 0.4) is 0 Å². The van der Waals surface area contributed by atoms with E-state index in [1.54, 1.807) is 0 Å². The van der Waals surface area contributed by atoms with Crippen molar-refractivity contribution < 1.29 is 5.11 Å².